The molecule has 1 aliphatic carbocycles. The maximum Gasteiger partial charge on any atom is 0.275 e. The van der Waals surface area contributed by atoms with E-state index in [4.69, 9.17) is 0 Å². The number of H-pyrrole nitrogens is 1. The van der Waals surface area contributed by atoms with Gasteiger partial charge in [-0.15, -0.1) is 0 Å². The fourth-order valence-corrected chi connectivity index (χ4v) is 2.08. The monoisotopic (exact) mass is 267 g/mol. The Hall–Kier alpha value is -2.76. The Morgan fingerprint density at radius 3 is 2.95 bits per heavy atom. The quantitative estimate of drug-likeness (QED) is 0.886. The largest absolute Gasteiger partial charge is 0.321 e. The third-order valence-electron chi connectivity index (χ3n) is 3.12. The molecule has 1 aliphatic rings. The van der Waals surface area contributed by atoms with Gasteiger partial charge >= 0.3 is 0 Å². The number of nitrogens with one attached hydrogen (secondary N) is 2. The lowest BCUT2D eigenvalue weighted by atomic mass is 10.1. The van der Waals surface area contributed by atoms with Crippen LogP contribution >= 0.6 is 0 Å². The second-order valence-electron chi connectivity index (χ2n) is 4.56. The van der Waals surface area contributed by atoms with Crippen molar-refractivity contribution in [1.29, 1.82) is 0 Å². The molecule has 0 fully saturated rings. The van der Waals surface area contributed by atoms with Gasteiger partial charge in [0.15, 0.2) is 0 Å². The first-order chi connectivity index (χ1) is 9.74. The number of carbonyl (C=O) groups is 1. The van der Waals surface area contributed by atoms with Crippen molar-refractivity contribution in [1.82, 2.24) is 25.5 Å². The molecule has 0 unspecified atom stereocenters. The van der Waals surface area contributed by atoms with Crippen LogP contribution in [0.25, 0.3) is 5.57 Å². The lowest BCUT2D eigenvalue weighted by Crippen LogP contribution is -2.23. The molecule has 0 aliphatic heterocycles. The molecule has 0 aromatic carbocycles. The smallest absolute Gasteiger partial charge is 0.275 e. The van der Waals surface area contributed by atoms with Gasteiger partial charge in [-0.25, -0.2) is 4.98 Å². The van der Waals surface area contributed by atoms with Gasteiger partial charge in [-0.3, -0.25) is 14.9 Å². The van der Waals surface area contributed by atoms with E-state index in [0.29, 0.717) is 5.69 Å². The van der Waals surface area contributed by atoms with Crippen LogP contribution < -0.4 is 5.32 Å². The third-order valence-corrected chi connectivity index (χ3v) is 3.12. The summed E-state index contributed by atoms with van der Waals surface area (Å²) in [7, 11) is 0. The van der Waals surface area contributed by atoms with Crippen LogP contribution in [0.2, 0.25) is 0 Å². The Labute approximate surface area is 115 Å². The molecule has 0 spiro atoms. The topological polar surface area (TPSA) is 83.6 Å². The van der Waals surface area contributed by atoms with E-state index in [9.17, 15) is 4.79 Å². The summed E-state index contributed by atoms with van der Waals surface area (Å²) in [6, 6.07) is 1.91. The van der Waals surface area contributed by atoms with Crippen LogP contribution in [0.15, 0.2) is 48.2 Å². The average molecular weight is 267 g/mol. The molecule has 0 saturated carbocycles. The van der Waals surface area contributed by atoms with Gasteiger partial charge in [0.05, 0.1) is 11.9 Å². The highest BCUT2D eigenvalue weighted by molar-refractivity contribution is 5.94. The van der Waals surface area contributed by atoms with Gasteiger partial charge in [0, 0.05) is 24.3 Å². The maximum atomic E-state index is 12.0. The summed E-state index contributed by atoms with van der Waals surface area (Å²) in [6.45, 7) is 1.99. The first-order valence-corrected chi connectivity index (χ1v) is 6.21. The van der Waals surface area contributed by atoms with Crippen molar-refractivity contribution in [2.75, 3.05) is 0 Å². The molecule has 2 N–H and O–H groups in total. The van der Waals surface area contributed by atoms with E-state index in [2.05, 4.69) is 25.5 Å². The fourth-order valence-electron chi connectivity index (χ4n) is 2.08. The van der Waals surface area contributed by atoms with Crippen molar-refractivity contribution in [3.05, 3.63) is 59.6 Å². The summed E-state index contributed by atoms with van der Waals surface area (Å²) < 4.78 is 0. The van der Waals surface area contributed by atoms with E-state index in [1.54, 1.807) is 6.20 Å². The maximum absolute atomic E-state index is 12.0. The third kappa shape index (κ3) is 2.35. The highest BCUT2D eigenvalue weighted by Gasteiger charge is 2.17. The number of hydrogen-bond acceptors (Lipinski definition) is 4. The van der Waals surface area contributed by atoms with Crippen LogP contribution in [0, 0.1) is 0 Å². The van der Waals surface area contributed by atoms with Crippen molar-refractivity contribution in [2.45, 2.75) is 13.3 Å². The zero-order valence-corrected chi connectivity index (χ0v) is 10.9. The highest BCUT2D eigenvalue weighted by atomic mass is 16.1. The van der Waals surface area contributed by atoms with E-state index in [1.165, 1.54) is 18.6 Å². The minimum atomic E-state index is -0.255. The molecule has 20 heavy (non-hydrogen) atoms. The van der Waals surface area contributed by atoms with E-state index >= 15 is 0 Å². The van der Waals surface area contributed by atoms with Gasteiger partial charge in [0.25, 0.3) is 5.91 Å². The van der Waals surface area contributed by atoms with Crippen molar-refractivity contribution in [3.8, 4) is 0 Å². The van der Waals surface area contributed by atoms with Crippen LogP contribution in [0.3, 0.4) is 0 Å². The lowest BCUT2D eigenvalue weighted by Gasteiger charge is -2.04. The number of nitrogens with zero attached hydrogens (tertiary/aromatic N) is 3. The van der Waals surface area contributed by atoms with Crippen molar-refractivity contribution in [3.63, 3.8) is 0 Å². The lowest BCUT2D eigenvalue weighted by molar-refractivity contribution is 0.0961. The Bertz CT molecular complexity index is 686. The van der Waals surface area contributed by atoms with Gasteiger partial charge < -0.3 is 5.32 Å². The highest BCUT2D eigenvalue weighted by Crippen LogP contribution is 2.29. The van der Waals surface area contributed by atoms with Crippen LogP contribution in [-0.2, 0) is 0 Å². The predicted octanol–water partition coefficient (Wildman–Crippen LogP) is 1.69. The molecular weight excluding hydrogens is 254 g/mol. The first-order valence-electron chi connectivity index (χ1n) is 6.21. The zero-order chi connectivity index (χ0) is 13.9. The van der Waals surface area contributed by atoms with Gasteiger partial charge in [0.2, 0.25) is 0 Å². The van der Waals surface area contributed by atoms with Crippen molar-refractivity contribution < 1.29 is 4.79 Å². The van der Waals surface area contributed by atoms with Gasteiger partial charge in [-0.2, -0.15) is 5.10 Å². The number of rotatable bonds is 3. The van der Waals surface area contributed by atoms with Gasteiger partial charge in [0.1, 0.15) is 5.69 Å². The molecule has 0 saturated heterocycles. The molecular formula is C14H13N5O. The van der Waals surface area contributed by atoms with Crippen LogP contribution in [-0.4, -0.2) is 26.1 Å². The molecule has 100 valence electrons. The van der Waals surface area contributed by atoms with E-state index in [0.717, 1.165) is 29.0 Å². The molecule has 3 rings (SSSR count). The molecule has 2 aromatic rings. The summed E-state index contributed by atoms with van der Waals surface area (Å²) in [5.41, 5.74) is 4.29. The normalized spacial score (nSPS) is 14.3. The minimum Gasteiger partial charge on any atom is -0.321 e. The molecule has 6 heteroatoms. The van der Waals surface area contributed by atoms with Gasteiger partial charge in [-0.05, 0) is 36.6 Å². The first kappa shape index (κ1) is 12.3. The molecule has 2 aromatic heterocycles. The summed E-state index contributed by atoms with van der Waals surface area (Å²) in [5, 5.41) is 9.72. The van der Waals surface area contributed by atoms with Gasteiger partial charge in [-0.1, -0.05) is 0 Å². The zero-order valence-electron chi connectivity index (χ0n) is 10.9. The van der Waals surface area contributed by atoms with Crippen LogP contribution in [0.4, 0.5) is 0 Å². The van der Waals surface area contributed by atoms with E-state index in [-0.39, 0.29) is 5.91 Å². The number of aromatic amines is 1. The predicted molar refractivity (Wildman–Crippen MR) is 73.4 cm³/mol. The molecule has 0 bridgehead atoms. The van der Waals surface area contributed by atoms with Crippen LogP contribution in [0.5, 0.6) is 0 Å². The van der Waals surface area contributed by atoms with E-state index < -0.39 is 0 Å². The minimum absolute atomic E-state index is 0.255. The Morgan fingerprint density at radius 1 is 1.35 bits per heavy atom. The Kier molecular flexibility index (Phi) is 3.12. The van der Waals surface area contributed by atoms with E-state index in [1.807, 2.05) is 19.1 Å². The molecule has 6 nitrogen and oxygen atoms in total. The number of allylic oxidation sites excluding steroid dienone is 3. The summed E-state index contributed by atoms with van der Waals surface area (Å²) in [5.74, 6) is -0.255. The second-order valence-corrected chi connectivity index (χ2v) is 4.56. The number of hydrogen-bond donors (Lipinski definition) is 2. The second kappa shape index (κ2) is 5.08. The molecule has 1 amide bonds. The number of aromatic nitrogens is 4. The standard InChI is InChI=1S/C14H13N5O/c1-9-6-10(11-2-3-17-19-11)7-12(9)18-14(20)13-8-15-4-5-16-13/h2-5,7-8H,6H2,1H3,(H,17,19)(H,18,20). The molecule has 0 atom stereocenters. The van der Waals surface area contributed by atoms with Crippen molar-refractivity contribution >= 4 is 11.5 Å². The summed E-state index contributed by atoms with van der Waals surface area (Å²) in [6.07, 6.45) is 8.93. The number of carbonyl (C=O) groups excluding carboxylic acids is 1. The van der Waals surface area contributed by atoms with Crippen LogP contribution in [0.1, 0.15) is 29.5 Å². The number of amides is 1. The summed E-state index contributed by atoms with van der Waals surface area (Å²) >= 11 is 0. The Balaban J connectivity index is 1.77. The SMILES string of the molecule is CC1=C(NC(=O)c2cnccn2)C=C(c2ccn[nH]2)C1. The van der Waals surface area contributed by atoms with Crippen molar-refractivity contribution in [2.24, 2.45) is 0 Å². The molecule has 2 heterocycles. The molecule has 0 radical (unpaired) electrons. The average Bonchev–Trinajstić information content (AvgIpc) is 3.10. The Morgan fingerprint density at radius 2 is 2.25 bits per heavy atom. The summed E-state index contributed by atoms with van der Waals surface area (Å²) in [4.78, 5) is 19.9. The fraction of sp³-hybridized carbons (Fsp3) is 0.143.